The van der Waals surface area contributed by atoms with Crippen molar-refractivity contribution in [3.8, 4) is 5.75 Å². The number of amides is 2. The van der Waals surface area contributed by atoms with E-state index in [4.69, 9.17) is 17.0 Å². The molecule has 206 valence electrons. The zero-order valence-electron chi connectivity index (χ0n) is 22.9. The second-order valence-electron chi connectivity index (χ2n) is 10.3. The molecule has 3 aromatic rings. The molecule has 0 saturated carbocycles. The first-order valence-electron chi connectivity index (χ1n) is 13.1. The van der Waals surface area contributed by atoms with Crippen LogP contribution in [0.3, 0.4) is 0 Å². The molecule has 0 saturated heterocycles. The van der Waals surface area contributed by atoms with Gasteiger partial charge in [-0.05, 0) is 100 Å². The van der Waals surface area contributed by atoms with E-state index in [0.29, 0.717) is 39.3 Å². The van der Waals surface area contributed by atoms with Crippen molar-refractivity contribution in [2.75, 3.05) is 17.2 Å². The first-order chi connectivity index (χ1) is 18.6. The highest BCUT2D eigenvalue weighted by atomic mass is 79.9. The minimum absolute atomic E-state index is 0.0293. The number of hydrogen-bond acceptors (Lipinski definition) is 4. The standard InChI is InChI=1S/C31H36BrN3O3S/c1-5-6-7-8-19-38-27-18-11-22(20-26(27)32)29(37)35-30(39)34-25-16-14-24(15-17-25)33-28(36)21-9-12-23(13-10-21)31(2,3)4/h9-18,20H,5-8,19H2,1-4H3,(H,33,36)(H2,34,35,37,39). The van der Waals surface area contributed by atoms with E-state index in [2.05, 4.69) is 59.6 Å². The number of carbonyl (C=O) groups excluding carboxylic acids is 2. The molecule has 2 amide bonds. The Kier molecular flexibility index (Phi) is 11.1. The lowest BCUT2D eigenvalue weighted by Gasteiger charge is -2.19. The number of ether oxygens (including phenoxy) is 1. The van der Waals surface area contributed by atoms with Crippen molar-refractivity contribution in [3.63, 3.8) is 0 Å². The number of hydrogen-bond donors (Lipinski definition) is 3. The second kappa shape index (κ2) is 14.2. The van der Waals surface area contributed by atoms with E-state index in [1.54, 1.807) is 42.5 Å². The molecule has 0 unspecified atom stereocenters. The van der Waals surface area contributed by atoms with Crippen molar-refractivity contribution >= 4 is 56.4 Å². The fourth-order valence-electron chi connectivity index (χ4n) is 3.77. The van der Waals surface area contributed by atoms with Crippen LogP contribution in [0.1, 0.15) is 79.7 Å². The molecule has 0 bridgehead atoms. The van der Waals surface area contributed by atoms with Crippen LogP contribution in [0.4, 0.5) is 11.4 Å². The summed E-state index contributed by atoms with van der Waals surface area (Å²) < 4.78 is 6.53. The molecule has 0 heterocycles. The summed E-state index contributed by atoms with van der Waals surface area (Å²) >= 11 is 8.80. The molecule has 0 aliphatic heterocycles. The monoisotopic (exact) mass is 609 g/mol. The smallest absolute Gasteiger partial charge is 0.257 e. The van der Waals surface area contributed by atoms with Crippen LogP contribution in [0.15, 0.2) is 71.2 Å². The number of benzene rings is 3. The molecule has 0 fully saturated rings. The normalized spacial score (nSPS) is 11.0. The van der Waals surface area contributed by atoms with Gasteiger partial charge in [0.05, 0.1) is 11.1 Å². The van der Waals surface area contributed by atoms with Crippen molar-refractivity contribution in [1.82, 2.24) is 5.32 Å². The molecule has 0 aromatic heterocycles. The van der Waals surface area contributed by atoms with E-state index in [0.717, 1.165) is 12.8 Å². The van der Waals surface area contributed by atoms with Gasteiger partial charge in [0, 0.05) is 22.5 Å². The summed E-state index contributed by atoms with van der Waals surface area (Å²) in [4.78, 5) is 25.3. The molecule has 8 heteroatoms. The highest BCUT2D eigenvalue weighted by Crippen LogP contribution is 2.26. The van der Waals surface area contributed by atoms with Crippen molar-refractivity contribution in [2.24, 2.45) is 0 Å². The maximum absolute atomic E-state index is 12.7. The Morgan fingerprint density at radius 1 is 0.821 bits per heavy atom. The average Bonchev–Trinajstić information content (AvgIpc) is 2.90. The quantitative estimate of drug-likeness (QED) is 0.160. The van der Waals surface area contributed by atoms with Gasteiger partial charge in [0.15, 0.2) is 5.11 Å². The Balaban J connectivity index is 1.49. The molecule has 0 aliphatic carbocycles. The van der Waals surface area contributed by atoms with Gasteiger partial charge < -0.3 is 15.4 Å². The van der Waals surface area contributed by atoms with Crippen molar-refractivity contribution in [3.05, 3.63) is 87.9 Å². The van der Waals surface area contributed by atoms with E-state index in [9.17, 15) is 9.59 Å². The fourth-order valence-corrected chi connectivity index (χ4v) is 4.47. The summed E-state index contributed by atoms with van der Waals surface area (Å²) in [6.07, 6.45) is 4.52. The predicted molar refractivity (Wildman–Crippen MR) is 167 cm³/mol. The number of unbranched alkanes of at least 4 members (excludes halogenated alkanes) is 3. The maximum atomic E-state index is 12.7. The fraction of sp³-hybridized carbons (Fsp3) is 0.323. The van der Waals surface area contributed by atoms with E-state index in [-0.39, 0.29) is 22.3 Å². The Bertz CT molecular complexity index is 1290. The summed E-state index contributed by atoms with van der Waals surface area (Å²) in [5.74, 6) is 0.194. The molecule has 6 nitrogen and oxygen atoms in total. The lowest BCUT2D eigenvalue weighted by atomic mass is 9.87. The van der Waals surface area contributed by atoms with E-state index in [1.807, 2.05) is 24.3 Å². The summed E-state index contributed by atoms with van der Waals surface area (Å²) in [5.41, 5.74) is 3.58. The van der Waals surface area contributed by atoms with Crippen LogP contribution in [0.2, 0.25) is 0 Å². The number of halogens is 1. The van der Waals surface area contributed by atoms with Gasteiger partial charge >= 0.3 is 0 Å². The van der Waals surface area contributed by atoms with Gasteiger partial charge in [-0.2, -0.15) is 0 Å². The largest absolute Gasteiger partial charge is 0.492 e. The van der Waals surface area contributed by atoms with Gasteiger partial charge in [-0.15, -0.1) is 0 Å². The van der Waals surface area contributed by atoms with Crippen LogP contribution in [-0.2, 0) is 5.41 Å². The number of nitrogens with one attached hydrogen (secondary N) is 3. The lowest BCUT2D eigenvalue weighted by Crippen LogP contribution is -2.34. The zero-order valence-corrected chi connectivity index (χ0v) is 25.3. The number of thiocarbonyl (C=S) groups is 1. The topological polar surface area (TPSA) is 79.5 Å². The first-order valence-corrected chi connectivity index (χ1v) is 14.3. The predicted octanol–water partition coefficient (Wildman–Crippen LogP) is 8.08. The van der Waals surface area contributed by atoms with Crippen molar-refractivity contribution < 1.29 is 14.3 Å². The number of rotatable bonds is 10. The third kappa shape index (κ3) is 9.48. The summed E-state index contributed by atoms with van der Waals surface area (Å²) in [6, 6.07) is 19.9. The molecule has 0 aliphatic rings. The van der Waals surface area contributed by atoms with E-state index < -0.39 is 0 Å². The van der Waals surface area contributed by atoms with Crippen LogP contribution in [0, 0.1) is 0 Å². The number of anilines is 2. The molecule has 3 rings (SSSR count). The number of carbonyl (C=O) groups is 2. The highest BCUT2D eigenvalue weighted by molar-refractivity contribution is 9.10. The maximum Gasteiger partial charge on any atom is 0.257 e. The molecule has 0 radical (unpaired) electrons. The molecular weight excluding hydrogens is 574 g/mol. The molecule has 0 atom stereocenters. The van der Waals surface area contributed by atoms with Crippen molar-refractivity contribution in [1.29, 1.82) is 0 Å². The van der Waals surface area contributed by atoms with Crippen LogP contribution >= 0.6 is 28.1 Å². The summed E-state index contributed by atoms with van der Waals surface area (Å²) in [7, 11) is 0. The third-order valence-corrected chi connectivity index (χ3v) is 6.91. The highest BCUT2D eigenvalue weighted by Gasteiger charge is 2.15. The Morgan fingerprint density at radius 3 is 2.03 bits per heavy atom. The molecular formula is C31H36BrN3O3S. The minimum Gasteiger partial charge on any atom is -0.492 e. The summed E-state index contributed by atoms with van der Waals surface area (Å²) in [5, 5.41) is 8.75. The molecule has 39 heavy (non-hydrogen) atoms. The molecule has 0 spiro atoms. The van der Waals surface area contributed by atoms with Crippen molar-refractivity contribution in [2.45, 2.75) is 58.8 Å². The van der Waals surface area contributed by atoms with E-state index >= 15 is 0 Å². The van der Waals surface area contributed by atoms with Crippen LogP contribution in [0.5, 0.6) is 5.75 Å². The Morgan fingerprint density at radius 2 is 1.44 bits per heavy atom. The SMILES string of the molecule is CCCCCCOc1ccc(C(=O)NC(=S)Nc2ccc(NC(=O)c3ccc(C(C)(C)C)cc3)cc2)cc1Br. The Hall–Kier alpha value is -3.23. The minimum atomic E-state index is -0.330. The second-order valence-corrected chi connectivity index (χ2v) is 11.6. The van der Waals surface area contributed by atoms with Crippen LogP contribution in [-0.4, -0.2) is 23.5 Å². The summed E-state index contributed by atoms with van der Waals surface area (Å²) in [6.45, 7) is 9.23. The zero-order chi connectivity index (χ0) is 28.4. The van der Waals surface area contributed by atoms with Gasteiger partial charge in [-0.3, -0.25) is 14.9 Å². The van der Waals surface area contributed by atoms with Crippen LogP contribution < -0.4 is 20.7 Å². The molecule has 3 N–H and O–H groups in total. The molecule has 3 aromatic carbocycles. The third-order valence-electron chi connectivity index (χ3n) is 6.09. The van der Waals surface area contributed by atoms with Gasteiger partial charge in [0.25, 0.3) is 11.8 Å². The van der Waals surface area contributed by atoms with Gasteiger partial charge in [-0.25, -0.2) is 0 Å². The van der Waals surface area contributed by atoms with Gasteiger partial charge in [0.2, 0.25) is 0 Å². The Labute approximate surface area is 245 Å². The van der Waals surface area contributed by atoms with Gasteiger partial charge in [-0.1, -0.05) is 59.1 Å². The van der Waals surface area contributed by atoms with E-state index in [1.165, 1.54) is 18.4 Å². The first kappa shape index (κ1) is 30.3. The van der Waals surface area contributed by atoms with Crippen LogP contribution in [0.25, 0.3) is 0 Å². The van der Waals surface area contributed by atoms with Gasteiger partial charge in [0.1, 0.15) is 5.75 Å². The lowest BCUT2D eigenvalue weighted by molar-refractivity contribution is 0.0976. The average molecular weight is 611 g/mol.